The molecule has 47 heavy (non-hydrogen) atoms. The number of pyridine rings is 1. The summed E-state index contributed by atoms with van der Waals surface area (Å²) in [5.41, 5.74) is 5.55. The molecule has 250 valence electrons. The van der Waals surface area contributed by atoms with E-state index in [-0.39, 0.29) is 47.7 Å². The number of ether oxygens (including phenoxy) is 1. The monoisotopic (exact) mass is 674 g/mol. The van der Waals surface area contributed by atoms with Gasteiger partial charge < -0.3 is 14.7 Å². The molecule has 0 spiro atoms. The molecular weight excluding hydrogens is 629 g/mol. The van der Waals surface area contributed by atoms with Gasteiger partial charge in [-0.1, -0.05) is 89.6 Å². The number of fused-ring (bicyclic) bond motifs is 5. The summed E-state index contributed by atoms with van der Waals surface area (Å²) < 4.78 is 5.99. The number of aromatic nitrogens is 1. The fraction of sp³-hybridized carbons (Fsp3) is 0.526. The second-order valence-electron chi connectivity index (χ2n) is 14.1. The number of carbonyl (C=O) groups is 3. The van der Waals surface area contributed by atoms with Crippen LogP contribution < -0.4 is 0 Å². The summed E-state index contributed by atoms with van der Waals surface area (Å²) in [6, 6.07) is 13.6. The second kappa shape index (κ2) is 14.6. The smallest absolute Gasteiger partial charge is 0.323 e. The summed E-state index contributed by atoms with van der Waals surface area (Å²) in [4.78, 5) is 42.6. The Labute approximate surface area is 286 Å². The van der Waals surface area contributed by atoms with Gasteiger partial charge in [0.2, 0.25) is 5.91 Å². The number of carboxylic acid groups (broad SMARTS) is 1. The molecule has 6 rings (SSSR count). The number of allylic oxidation sites excluding steroid dienone is 3. The first-order valence-electron chi connectivity index (χ1n) is 17.0. The Kier molecular flexibility index (Phi) is 10.5. The van der Waals surface area contributed by atoms with Crippen molar-refractivity contribution in [2.24, 2.45) is 28.6 Å². The maximum atomic E-state index is 12.8. The molecule has 0 aliphatic heterocycles. The van der Waals surface area contributed by atoms with E-state index in [1.807, 2.05) is 42.7 Å². The van der Waals surface area contributed by atoms with Gasteiger partial charge in [-0.15, -0.1) is 0 Å². The van der Waals surface area contributed by atoms with E-state index >= 15 is 0 Å². The molecule has 0 unspecified atom stereocenters. The van der Waals surface area contributed by atoms with Gasteiger partial charge in [0.25, 0.3) is 0 Å². The molecule has 2 aromatic rings. The zero-order valence-electron chi connectivity index (χ0n) is 27.4. The molecule has 0 saturated heterocycles. The number of hydrogen-bond acceptors (Lipinski definition) is 7. The van der Waals surface area contributed by atoms with Crippen LogP contribution in [-0.4, -0.2) is 57.0 Å². The number of carbonyl (C=O) groups excluding carboxylic acids is 2. The van der Waals surface area contributed by atoms with E-state index in [1.165, 1.54) is 56.0 Å². The quantitative estimate of drug-likeness (QED) is 0.105. The van der Waals surface area contributed by atoms with E-state index in [1.54, 1.807) is 0 Å². The molecule has 7 nitrogen and oxygen atoms in total. The fourth-order valence-corrected chi connectivity index (χ4v) is 11.0. The van der Waals surface area contributed by atoms with Gasteiger partial charge in [0.1, 0.15) is 12.6 Å². The number of benzene rings is 1. The number of aliphatic carboxylic acids is 1. The lowest BCUT2D eigenvalue weighted by Gasteiger charge is -2.57. The predicted octanol–water partition coefficient (Wildman–Crippen LogP) is 7.83. The second-order valence-corrected chi connectivity index (χ2v) is 16.7. The molecule has 1 aromatic carbocycles. The summed E-state index contributed by atoms with van der Waals surface area (Å²) >= 11 is 0. The molecule has 6 atom stereocenters. The van der Waals surface area contributed by atoms with Crippen LogP contribution in [0.15, 0.2) is 72.6 Å². The van der Waals surface area contributed by atoms with Crippen molar-refractivity contribution >= 4 is 45.0 Å². The average molecular weight is 675 g/mol. The van der Waals surface area contributed by atoms with Gasteiger partial charge in [-0.3, -0.25) is 19.4 Å². The van der Waals surface area contributed by atoms with Crippen LogP contribution in [0.4, 0.5) is 0 Å². The van der Waals surface area contributed by atoms with Crippen molar-refractivity contribution < 1.29 is 24.2 Å². The number of nitrogens with zero attached hydrogens (tertiary/aromatic N) is 2. The summed E-state index contributed by atoms with van der Waals surface area (Å²) in [5, 5.41) is 9.27. The van der Waals surface area contributed by atoms with Crippen molar-refractivity contribution in [3.63, 3.8) is 0 Å². The normalized spacial score (nSPS) is 29.4. The van der Waals surface area contributed by atoms with Crippen molar-refractivity contribution in [3.8, 4) is 0 Å². The molecule has 0 radical (unpaired) electrons. The van der Waals surface area contributed by atoms with Gasteiger partial charge >= 0.3 is 11.9 Å². The SMILES string of the molecule is C[C@]12CC[C@H](OC(=O)CCSSCC(=O)N(CC(=O)O)Cc3ccccc3)CC1=CC[C@@H]1[C@@H]2CC[C@]2(C)C(c3cccnc3)=CC[C@@H]12. The van der Waals surface area contributed by atoms with Crippen LogP contribution in [0.25, 0.3) is 5.57 Å². The van der Waals surface area contributed by atoms with Crippen LogP contribution in [0.3, 0.4) is 0 Å². The molecule has 2 fully saturated rings. The molecule has 2 saturated carbocycles. The number of esters is 1. The van der Waals surface area contributed by atoms with Crippen LogP contribution in [0.1, 0.15) is 76.3 Å². The maximum absolute atomic E-state index is 12.8. The summed E-state index contributed by atoms with van der Waals surface area (Å²) in [6.45, 7) is 4.89. The van der Waals surface area contributed by atoms with E-state index in [0.29, 0.717) is 29.9 Å². The van der Waals surface area contributed by atoms with Crippen LogP contribution in [0, 0.1) is 28.6 Å². The van der Waals surface area contributed by atoms with Gasteiger partial charge in [-0.25, -0.2) is 0 Å². The van der Waals surface area contributed by atoms with E-state index < -0.39 is 5.97 Å². The first kappa shape index (κ1) is 33.8. The Morgan fingerprint density at radius 1 is 0.979 bits per heavy atom. The third-order valence-electron chi connectivity index (χ3n) is 11.5. The van der Waals surface area contributed by atoms with Gasteiger partial charge in [-0.2, -0.15) is 0 Å². The molecule has 4 aliphatic rings. The van der Waals surface area contributed by atoms with Crippen molar-refractivity contribution in [3.05, 3.63) is 83.7 Å². The highest BCUT2D eigenvalue weighted by molar-refractivity contribution is 8.76. The lowest BCUT2D eigenvalue weighted by molar-refractivity contribution is -0.150. The Morgan fingerprint density at radius 3 is 2.55 bits per heavy atom. The van der Waals surface area contributed by atoms with Crippen molar-refractivity contribution in [2.75, 3.05) is 18.1 Å². The Bertz CT molecular complexity index is 1510. The van der Waals surface area contributed by atoms with E-state index in [0.717, 1.165) is 37.7 Å². The molecule has 9 heteroatoms. The number of rotatable bonds is 12. The van der Waals surface area contributed by atoms with Crippen molar-refractivity contribution in [1.29, 1.82) is 0 Å². The summed E-state index contributed by atoms with van der Waals surface area (Å²) in [7, 11) is 2.81. The lowest BCUT2D eigenvalue weighted by atomic mass is 9.47. The predicted molar refractivity (Wildman–Crippen MR) is 188 cm³/mol. The molecule has 1 amide bonds. The van der Waals surface area contributed by atoms with Crippen LogP contribution in [0.2, 0.25) is 0 Å². The maximum Gasteiger partial charge on any atom is 0.323 e. The van der Waals surface area contributed by atoms with Gasteiger partial charge in [0.15, 0.2) is 0 Å². The zero-order valence-corrected chi connectivity index (χ0v) is 29.1. The van der Waals surface area contributed by atoms with Crippen molar-refractivity contribution in [2.45, 2.75) is 77.9 Å². The number of amides is 1. The number of carboxylic acids is 1. The van der Waals surface area contributed by atoms with Crippen LogP contribution >= 0.6 is 21.6 Å². The van der Waals surface area contributed by atoms with Gasteiger partial charge in [0.05, 0.1) is 12.2 Å². The van der Waals surface area contributed by atoms with E-state index in [4.69, 9.17) is 4.74 Å². The minimum absolute atomic E-state index is 0.0700. The molecule has 0 bridgehead atoms. The highest BCUT2D eigenvalue weighted by Gasteiger charge is 2.57. The highest BCUT2D eigenvalue weighted by atomic mass is 33.1. The Hall–Kier alpha value is -3.04. The van der Waals surface area contributed by atoms with E-state index in [9.17, 15) is 19.5 Å². The molecule has 1 heterocycles. The Balaban J connectivity index is 0.956. The van der Waals surface area contributed by atoms with Crippen molar-refractivity contribution in [1.82, 2.24) is 9.88 Å². The minimum atomic E-state index is -1.04. The zero-order chi connectivity index (χ0) is 33.0. The largest absolute Gasteiger partial charge is 0.480 e. The third-order valence-corrected chi connectivity index (χ3v) is 13.7. The molecule has 1 aromatic heterocycles. The van der Waals surface area contributed by atoms with Crippen LogP contribution in [0.5, 0.6) is 0 Å². The average Bonchev–Trinajstić information content (AvgIpc) is 3.42. The fourth-order valence-electron chi connectivity index (χ4n) is 9.08. The standard InChI is InChI=1S/C38H46N2O5S2/c1-37-17-14-29(45-36(44)16-20-46-47-25-34(41)40(24-35(42)43)23-26-7-4-3-5-8-26)21-28(37)10-11-30-32-13-12-31(27-9-6-19-39-22-27)38(32,2)18-15-33(30)37/h3-10,12,19,22,29-30,32-33H,11,13-18,20-21,23-25H2,1-2H3,(H,42,43)/t29-,30-,32-,33-,37-,38+/m0/s1. The first-order chi connectivity index (χ1) is 22.7. The number of hydrogen-bond donors (Lipinski definition) is 1. The van der Waals surface area contributed by atoms with E-state index in [2.05, 4.69) is 43.1 Å². The highest BCUT2D eigenvalue weighted by Crippen LogP contribution is 2.66. The topological polar surface area (TPSA) is 96.8 Å². The first-order valence-corrected chi connectivity index (χ1v) is 19.4. The third kappa shape index (κ3) is 7.36. The summed E-state index contributed by atoms with van der Waals surface area (Å²) in [6.07, 6.45) is 16.6. The summed E-state index contributed by atoms with van der Waals surface area (Å²) in [5.74, 6) is 1.26. The minimum Gasteiger partial charge on any atom is -0.480 e. The van der Waals surface area contributed by atoms with Gasteiger partial charge in [-0.05, 0) is 89.9 Å². The van der Waals surface area contributed by atoms with Gasteiger partial charge in [0, 0.05) is 31.1 Å². The Morgan fingerprint density at radius 2 is 1.79 bits per heavy atom. The van der Waals surface area contributed by atoms with Crippen LogP contribution in [-0.2, 0) is 25.7 Å². The molecule has 4 aliphatic carbocycles. The molecule has 1 N–H and O–H groups in total. The lowest BCUT2D eigenvalue weighted by Crippen LogP contribution is -2.50. The molecular formula is C38H46N2O5S2.